The van der Waals surface area contributed by atoms with Crippen LogP contribution >= 0.6 is 11.6 Å². The van der Waals surface area contributed by atoms with Gasteiger partial charge in [0.05, 0.1) is 16.2 Å². The van der Waals surface area contributed by atoms with Crippen molar-refractivity contribution in [2.45, 2.75) is 12.8 Å². The summed E-state index contributed by atoms with van der Waals surface area (Å²) in [5, 5.41) is 1.12. The van der Waals surface area contributed by atoms with Crippen LogP contribution in [0, 0.1) is 17.8 Å². The molecule has 132 valence electrons. The quantitative estimate of drug-likeness (QED) is 0.631. The summed E-state index contributed by atoms with van der Waals surface area (Å²) < 4.78 is 12.4. The van der Waals surface area contributed by atoms with Gasteiger partial charge in [-0.15, -0.1) is 0 Å². The first-order chi connectivity index (χ1) is 12.1. The number of ketones is 1. The van der Waals surface area contributed by atoms with Gasteiger partial charge in [0.25, 0.3) is 0 Å². The predicted octanol–water partition coefficient (Wildman–Crippen LogP) is 3.58. The molecule has 2 heterocycles. The highest BCUT2D eigenvalue weighted by atomic mass is 35.5. The minimum atomic E-state index is -0.277. The molecule has 2 atom stereocenters. The topological polar surface area (TPSA) is 59.2 Å². The Morgan fingerprint density at radius 2 is 2.16 bits per heavy atom. The summed E-state index contributed by atoms with van der Waals surface area (Å²) in [6.45, 7) is 2.22. The van der Waals surface area contributed by atoms with E-state index in [4.69, 9.17) is 17.3 Å². The third kappa shape index (κ3) is 3.00. The number of aromatic nitrogens is 1. The normalized spacial score (nSPS) is 25.3. The molecule has 0 radical (unpaired) electrons. The number of carbonyl (C=O) groups excluding carboxylic acids is 1. The van der Waals surface area contributed by atoms with Crippen LogP contribution in [-0.4, -0.2) is 42.0 Å². The lowest BCUT2D eigenvalue weighted by molar-refractivity contribution is 0.0977. The molecule has 0 spiro atoms. The highest BCUT2D eigenvalue weighted by molar-refractivity contribution is 6.35. The maximum absolute atomic E-state index is 12.7. The fourth-order valence-electron chi connectivity index (χ4n) is 4.35. The van der Waals surface area contributed by atoms with Crippen LogP contribution in [-0.2, 0) is 0 Å². The summed E-state index contributed by atoms with van der Waals surface area (Å²) in [6, 6.07) is 5.27. The third-order valence-electron chi connectivity index (χ3n) is 5.73. The number of alkyl halides is 1. The summed E-state index contributed by atoms with van der Waals surface area (Å²) in [5.74, 6) is 1.95. The number of nitrogens with zero attached hydrogens (tertiary/aromatic N) is 2. The maximum Gasteiger partial charge on any atom is 0.165 e. The molecule has 1 saturated heterocycles. The first kappa shape index (κ1) is 16.7. The summed E-state index contributed by atoms with van der Waals surface area (Å²) in [7, 11) is 0. The van der Waals surface area contributed by atoms with E-state index in [1.807, 2.05) is 6.07 Å². The minimum absolute atomic E-state index is 0.0659. The molecule has 0 amide bonds. The zero-order chi connectivity index (χ0) is 17.6. The first-order valence-electron chi connectivity index (χ1n) is 8.74. The zero-order valence-electron chi connectivity index (χ0n) is 13.9. The lowest BCUT2D eigenvalue weighted by Crippen LogP contribution is -2.26. The number of hydrogen-bond donors (Lipinski definition) is 1. The average molecular weight is 362 g/mol. The van der Waals surface area contributed by atoms with Crippen LogP contribution in [0.1, 0.15) is 23.2 Å². The smallest absolute Gasteiger partial charge is 0.165 e. The van der Waals surface area contributed by atoms with Crippen molar-refractivity contribution in [2.75, 3.05) is 32.0 Å². The van der Waals surface area contributed by atoms with Crippen molar-refractivity contribution in [1.82, 2.24) is 9.88 Å². The van der Waals surface area contributed by atoms with Gasteiger partial charge in [0.2, 0.25) is 0 Å². The lowest BCUT2D eigenvalue weighted by atomic mass is 9.99. The number of nitrogen functional groups attached to an aromatic ring is 1. The number of fused-ring (bicyclic) bond motifs is 2. The van der Waals surface area contributed by atoms with Gasteiger partial charge in [-0.3, -0.25) is 9.78 Å². The summed E-state index contributed by atoms with van der Waals surface area (Å²) in [6.07, 6.45) is 3.04. The van der Waals surface area contributed by atoms with E-state index >= 15 is 0 Å². The van der Waals surface area contributed by atoms with Crippen molar-refractivity contribution in [3.05, 3.63) is 35.0 Å². The average Bonchev–Trinajstić information content (AvgIpc) is 3.07. The summed E-state index contributed by atoms with van der Waals surface area (Å²) in [5.41, 5.74) is 7.65. The van der Waals surface area contributed by atoms with Crippen LogP contribution in [0.25, 0.3) is 10.9 Å². The van der Waals surface area contributed by atoms with Crippen LogP contribution in [0.2, 0.25) is 5.02 Å². The van der Waals surface area contributed by atoms with E-state index in [0.29, 0.717) is 52.5 Å². The molecule has 4 rings (SSSR count). The van der Waals surface area contributed by atoms with E-state index in [-0.39, 0.29) is 12.5 Å². The van der Waals surface area contributed by atoms with Gasteiger partial charge in [-0.2, -0.15) is 0 Å². The van der Waals surface area contributed by atoms with Gasteiger partial charge in [-0.25, -0.2) is 4.39 Å². The Bertz CT molecular complexity index is 816. The second-order valence-electron chi connectivity index (χ2n) is 7.12. The van der Waals surface area contributed by atoms with Crippen LogP contribution in [0.4, 0.5) is 10.1 Å². The van der Waals surface area contributed by atoms with E-state index in [9.17, 15) is 9.18 Å². The number of piperidine rings is 1. The molecule has 2 unspecified atom stereocenters. The molecule has 1 saturated carbocycles. The Kier molecular flexibility index (Phi) is 4.38. The van der Waals surface area contributed by atoms with E-state index in [0.717, 1.165) is 24.9 Å². The molecule has 4 nitrogen and oxygen atoms in total. The zero-order valence-corrected chi connectivity index (χ0v) is 14.7. The Morgan fingerprint density at radius 1 is 1.40 bits per heavy atom. The minimum Gasteiger partial charge on any atom is -0.397 e. The molecular formula is C19H21ClFN3O. The number of carbonyl (C=O) groups is 1. The SMILES string of the molecule is Nc1c(Cl)cc(C(=O)CCC2C3CN(CCF)CC23)c2ncccc12. The molecule has 6 heteroatoms. The fourth-order valence-corrected chi connectivity index (χ4v) is 4.56. The van der Waals surface area contributed by atoms with Crippen molar-refractivity contribution in [2.24, 2.45) is 17.8 Å². The molecule has 2 fully saturated rings. The van der Waals surface area contributed by atoms with Gasteiger partial charge in [-0.1, -0.05) is 11.6 Å². The molecule has 2 N–H and O–H groups in total. The molecule has 1 aromatic carbocycles. The van der Waals surface area contributed by atoms with Gasteiger partial charge in [-0.05, 0) is 42.4 Å². The number of benzene rings is 1. The van der Waals surface area contributed by atoms with E-state index in [1.165, 1.54) is 0 Å². The number of anilines is 1. The van der Waals surface area contributed by atoms with Crippen LogP contribution in [0.3, 0.4) is 0 Å². The molecule has 1 aliphatic carbocycles. The molecule has 2 aromatic rings. The van der Waals surface area contributed by atoms with Crippen LogP contribution < -0.4 is 5.73 Å². The van der Waals surface area contributed by atoms with Crippen molar-refractivity contribution >= 4 is 34.0 Å². The monoisotopic (exact) mass is 361 g/mol. The number of likely N-dealkylation sites (tertiary alicyclic amines) is 1. The molecule has 1 aromatic heterocycles. The van der Waals surface area contributed by atoms with Crippen molar-refractivity contribution in [3.63, 3.8) is 0 Å². The number of halogens is 2. The predicted molar refractivity (Wildman–Crippen MR) is 97.6 cm³/mol. The lowest BCUT2D eigenvalue weighted by Gasteiger charge is -2.17. The summed E-state index contributed by atoms with van der Waals surface area (Å²) in [4.78, 5) is 19.3. The molecule has 25 heavy (non-hydrogen) atoms. The molecule has 0 bridgehead atoms. The van der Waals surface area contributed by atoms with Crippen molar-refractivity contribution < 1.29 is 9.18 Å². The molecule has 1 aliphatic heterocycles. The van der Waals surface area contributed by atoms with E-state index < -0.39 is 0 Å². The fraction of sp³-hybridized carbons (Fsp3) is 0.474. The number of nitrogens with two attached hydrogens (primary N) is 1. The number of Topliss-reactive ketones (excluding diaryl/α,β-unsaturated/α-hetero) is 1. The molecule has 2 aliphatic rings. The largest absolute Gasteiger partial charge is 0.397 e. The van der Waals surface area contributed by atoms with Gasteiger partial charge in [0, 0.05) is 43.2 Å². The maximum atomic E-state index is 12.7. The van der Waals surface area contributed by atoms with E-state index in [2.05, 4.69) is 9.88 Å². The summed E-state index contributed by atoms with van der Waals surface area (Å²) >= 11 is 6.19. The number of pyridine rings is 1. The third-order valence-corrected chi connectivity index (χ3v) is 6.05. The Morgan fingerprint density at radius 3 is 2.88 bits per heavy atom. The van der Waals surface area contributed by atoms with Crippen molar-refractivity contribution in [3.8, 4) is 0 Å². The number of hydrogen-bond acceptors (Lipinski definition) is 4. The van der Waals surface area contributed by atoms with E-state index in [1.54, 1.807) is 18.3 Å². The Hall–Kier alpha value is -1.72. The van der Waals surface area contributed by atoms with Crippen LogP contribution in [0.5, 0.6) is 0 Å². The second kappa shape index (κ2) is 6.54. The van der Waals surface area contributed by atoms with Gasteiger partial charge in [0.1, 0.15) is 6.67 Å². The van der Waals surface area contributed by atoms with Crippen molar-refractivity contribution in [1.29, 1.82) is 0 Å². The Balaban J connectivity index is 1.43. The van der Waals surface area contributed by atoms with Gasteiger partial charge < -0.3 is 10.6 Å². The second-order valence-corrected chi connectivity index (χ2v) is 7.53. The standard InChI is InChI=1S/C19H21ClFN3O/c20-16-8-13(19-12(18(16)22)2-1-6-23-19)17(25)4-3-11-14-9-24(7-5-21)10-15(11)14/h1-2,6,8,11,14-15H,3-5,7,9-10,22H2. The van der Waals surface area contributed by atoms with Crippen LogP contribution in [0.15, 0.2) is 24.4 Å². The Labute approximate surface area is 151 Å². The van der Waals surface area contributed by atoms with Gasteiger partial charge >= 0.3 is 0 Å². The van der Waals surface area contributed by atoms with Gasteiger partial charge in [0.15, 0.2) is 5.78 Å². The molecular weight excluding hydrogens is 341 g/mol. The highest BCUT2D eigenvalue weighted by Gasteiger charge is 2.54. The highest BCUT2D eigenvalue weighted by Crippen LogP contribution is 2.54. The number of rotatable bonds is 6. The first-order valence-corrected chi connectivity index (χ1v) is 9.12.